The van der Waals surface area contributed by atoms with Crippen LogP contribution in [0.2, 0.25) is 5.02 Å². The third-order valence-electron chi connectivity index (χ3n) is 2.97. The average Bonchev–Trinajstić information content (AvgIpc) is 2.94. The van der Waals surface area contributed by atoms with Gasteiger partial charge in [-0.05, 0) is 29.8 Å². The molecule has 0 unspecified atom stereocenters. The lowest BCUT2D eigenvalue weighted by Gasteiger charge is -2.07. The van der Waals surface area contributed by atoms with Gasteiger partial charge < -0.3 is 20.5 Å². The second kappa shape index (κ2) is 5.49. The molecule has 0 saturated heterocycles. The first-order valence-electron chi connectivity index (χ1n) is 6.22. The lowest BCUT2D eigenvalue weighted by atomic mass is 10.2. The number of rotatable bonds is 3. The summed E-state index contributed by atoms with van der Waals surface area (Å²) in [7, 11) is 0. The fourth-order valence-corrected chi connectivity index (χ4v) is 2.12. The summed E-state index contributed by atoms with van der Waals surface area (Å²) in [5.74, 6) is 1.23. The third-order valence-corrected chi connectivity index (χ3v) is 3.28. The molecule has 0 saturated carbocycles. The van der Waals surface area contributed by atoms with Crippen LogP contribution in [0.4, 0.5) is 5.82 Å². The highest BCUT2D eigenvalue weighted by atomic mass is 35.5. The van der Waals surface area contributed by atoms with Crippen molar-refractivity contribution in [3.05, 3.63) is 46.6 Å². The van der Waals surface area contributed by atoms with Crippen LogP contribution in [0, 0.1) is 0 Å². The molecule has 2 aromatic rings. The van der Waals surface area contributed by atoms with Gasteiger partial charge in [0.05, 0.1) is 5.02 Å². The SMILES string of the molecule is Nc1ccc(Cl)c(C(=O)NCc2ccc3c(c2)OCO3)n1. The zero-order valence-electron chi connectivity index (χ0n) is 10.9. The molecule has 0 radical (unpaired) electrons. The molecule has 1 aromatic carbocycles. The van der Waals surface area contributed by atoms with Crippen LogP contribution in [-0.4, -0.2) is 17.7 Å². The van der Waals surface area contributed by atoms with Crippen LogP contribution in [0.3, 0.4) is 0 Å². The molecule has 1 aliphatic rings. The van der Waals surface area contributed by atoms with E-state index in [1.165, 1.54) is 6.07 Å². The minimum atomic E-state index is -0.384. The van der Waals surface area contributed by atoms with E-state index >= 15 is 0 Å². The summed E-state index contributed by atoms with van der Waals surface area (Å²) < 4.78 is 10.5. The summed E-state index contributed by atoms with van der Waals surface area (Å²) in [5.41, 5.74) is 6.54. The molecule has 2 heterocycles. The van der Waals surface area contributed by atoms with Crippen molar-refractivity contribution in [3.8, 4) is 11.5 Å². The van der Waals surface area contributed by atoms with Crippen molar-refractivity contribution >= 4 is 23.3 Å². The number of fused-ring (bicyclic) bond motifs is 1. The molecule has 7 heteroatoms. The molecule has 108 valence electrons. The molecule has 0 spiro atoms. The lowest BCUT2D eigenvalue weighted by Crippen LogP contribution is -2.24. The molecule has 3 N–H and O–H groups in total. The number of carbonyl (C=O) groups excluding carboxylic acids is 1. The number of amides is 1. The van der Waals surface area contributed by atoms with Gasteiger partial charge in [-0.25, -0.2) is 4.98 Å². The van der Waals surface area contributed by atoms with E-state index in [1.54, 1.807) is 12.1 Å². The summed E-state index contributed by atoms with van der Waals surface area (Å²) >= 11 is 5.93. The number of aromatic nitrogens is 1. The summed E-state index contributed by atoms with van der Waals surface area (Å²) in [6, 6.07) is 8.55. The Morgan fingerprint density at radius 2 is 2.10 bits per heavy atom. The highest BCUT2D eigenvalue weighted by Gasteiger charge is 2.15. The molecule has 0 fully saturated rings. The minimum absolute atomic E-state index is 0.109. The maximum absolute atomic E-state index is 12.1. The van der Waals surface area contributed by atoms with Gasteiger partial charge in [-0.1, -0.05) is 17.7 Å². The predicted molar refractivity (Wildman–Crippen MR) is 77.4 cm³/mol. The van der Waals surface area contributed by atoms with Crippen LogP contribution in [0.25, 0.3) is 0 Å². The number of hydrogen-bond acceptors (Lipinski definition) is 5. The second-order valence-electron chi connectivity index (χ2n) is 4.44. The van der Waals surface area contributed by atoms with Crippen LogP contribution in [0.15, 0.2) is 30.3 Å². The van der Waals surface area contributed by atoms with E-state index < -0.39 is 0 Å². The maximum Gasteiger partial charge on any atom is 0.271 e. The topological polar surface area (TPSA) is 86.5 Å². The monoisotopic (exact) mass is 305 g/mol. The molecular weight excluding hydrogens is 294 g/mol. The van der Waals surface area contributed by atoms with E-state index in [9.17, 15) is 4.79 Å². The molecular formula is C14H12ClN3O3. The lowest BCUT2D eigenvalue weighted by molar-refractivity contribution is 0.0946. The number of halogens is 1. The van der Waals surface area contributed by atoms with Crippen molar-refractivity contribution in [2.24, 2.45) is 0 Å². The van der Waals surface area contributed by atoms with Gasteiger partial charge in [0.2, 0.25) is 6.79 Å². The number of carbonyl (C=O) groups is 1. The van der Waals surface area contributed by atoms with Gasteiger partial charge in [-0.2, -0.15) is 0 Å². The van der Waals surface area contributed by atoms with E-state index in [2.05, 4.69) is 10.3 Å². The Bertz CT molecular complexity index is 706. The number of nitrogen functional groups attached to an aromatic ring is 1. The van der Waals surface area contributed by atoms with Gasteiger partial charge in [0.25, 0.3) is 5.91 Å². The van der Waals surface area contributed by atoms with Gasteiger partial charge in [0, 0.05) is 6.54 Å². The number of pyridine rings is 1. The zero-order chi connectivity index (χ0) is 14.8. The van der Waals surface area contributed by atoms with E-state index in [4.69, 9.17) is 26.8 Å². The number of anilines is 1. The molecule has 21 heavy (non-hydrogen) atoms. The molecule has 0 atom stereocenters. The van der Waals surface area contributed by atoms with Crippen LogP contribution < -0.4 is 20.5 Å². The van der Waals surface area contributed by atoms with Crippen LogP contribution >= 0.6 is 11.6 Å². The van der Waals surface area contributed by atoms with E-state index in [0.717, 1.165) is 5.56 Å². The van der Waals surface area contributed by atoms with Gasteiger partial charge in [-0.3, -0.25) is 4.79 Å². The van der Waals surface area contributed by atoms with E-state index in [-0.39, 0.29) is 29.2 Å². The molecule has 3 rings (SSSR count). The van der Waals surface area contributed by atoms with Gasteiger partial charge >= 0.3 is 0 Å². The van der Waals surface area contributed by atoms with Crippen molar-refractivity contribution in [2.45, 2.75) is 6.54 Å². The second-order valence-corrected chi connectivity index (χ2v) is 4.84. The fourth-order valence-electron chi connectivity index (χ4n) is 1.93. The standard InChI is InChI=1S/C14H12ClN3O3/c15-9-2-4-12(16)18-13(9)14(19)17-6-8-1-3-10-11(5-8)21-7-20-10/h1-5H,6-7H2,(H2,16,18)(H,17,19). The number of nitrogens with zero attached hydrogens (tertiary/aromatic N) is 1. The highest BCUT2D eigenvalue weighted by molar-refractivity contribution is 6.33. The van der Waals surface area contributed by atoms with Gasteiger partial charge in [-0.15, -0.1) is 0 Å². The Balaban J connectivity index is 1.70. The number of nitrogens with one attached hydrogen (secondary N) is 1. The van der Waals surface area contributed by atoms with Crippen LogP contribution in [0.1, 0.15) is 16.1 Å². The molecule has 1 amide bonds. The van der Waals surface area contributed by atoms with Crippen molar-refractivity contribution in [3.63, 3.8) is 0 Å². The first-order chi connectivity index (χ1) is 10.1. The van der Waals surface area contributed by atoms with Gasteiger partial charge in [0.15, 0.2) is 11.5 Å². The van der Waals surface area contributed by atoms with Crippen molar-refractivity contribution < 1.29 is 14.3 Å². The Kier molecular flexibility index (Phi) is 3.53. The third kappa shape index (κ3) is 2.85. The molecule has 6 nitrogen and oxygen atoms in total. The molecule has 0 aliphatic carbocycles. The molecule has 1 aliphatic heterocycles. The number of benzene rings is 1. The summed E-state index contributed by atoms with van der Waals surface area (Å²) in [6.07, 6.45) is 0. The zero-order valence-corrected chi connectivity index (χ0v) is 11.7. The minimum Gasteiger partial charge on any atom is -0.454 e. The Hall–Kier alpha value is -2.47. The summed E-state index contributed by atoms with van der Waals surface area (Å²) in [4.78, 5) is 16.0. The normalized spacial score (nSPS) is 12.2. The largest absolute Gasteiger partial charge is 0.454 e. The maximum atomic E-state index is 12.1. The first kappa shape index (κ1) is 13.5. The Labute approximate surface area is 125 Å². The summed E-state index contributed by atoms with van der Waals surface area (Å²) in [5, 5.41) is 2.99. The summed E-state index contributed by atoms with van der Waals surface area (Å²) in [6.45, 7) is 0.538. The van der Waals surface area contributed by atoms with E-state index in [0.29, 0.717) is 18.0 Å². The van der Waals surface area contributed by atoms with Crippen molar-refractivity contribution in [2.75, 3.05) is 12.5 Å². The quantitative estimate of drug-likeness (QED) is 0.905. The fraction of sp³-hybridized carbons (Fsp3) is 0.143. The number of ether oxygens (including phenoxy) is 2. The van der Waals surface area contributed by atoms with E-state index in [1.807, 2.05) is 12.1 Å². The van der Waals surface area contributed by atoms with Crippen molar-refractivity contribution in [1.82, 2.24) is 10.3 Å². The first-order valence-corrected chi connectivity index (χ1v) is 6.60. The average molecular weight is 306 g/mol. The Morgan fingerprint density at radius 1 is 1.29 bits per heavy atom. The van der Waals surface area contributed by atoms with Gasteiger partial charge in [0.1, 0.15) is 11.5 Å². The highest BCUT2D eigenvalue weighted by Crippen LogP contribution is 2.32. The predicted octanol–water partition coefficient (Wildman–Crippen LogP) is 1.98. The van der Waals surface area contributed by atoms with Crippen LogP contribution in [0.5, 0.6) is 11.5 Å². The Morgan fingerprint density at radius 3 is 2.95 bits per heavy atom. The molecule has 1 aromatic heterocycles. The number of nitrogens with two attached hydrogens (primary N) is 1. The van der Waals surface area contributed by atoms with Crippen LogP contribution in [-0.2, 0) is 6.54 Å². The van der Waals surface area contributed by atoms with Crippen molar-refractivity contribution in [1.29, 1.82) is 0 Å². The molecule has 0 bridgehead atoms. The smallest absolute Gasteiger partial charge is 0.271 e. The number of hydrogen-bond donors (Lipinski definition) is 2.